The van der Waals surface area contributed by atoms with Crippen LogP contribution in [0.1, 0.15) is 37.3 Å². The summed E-state index contributed by atoms with van der Waals surface area (Å²) in [6.45, 7) is 4.54. The van der Waals surface area contributed by atoms with Crippen molar-refractivity contribution in [2.75, 3.05) is 31.1 Å². The van der Waals surface area contributed by atoms with Gasteiger partial charge in [-0.05, 0) is 62.9 Å². The van der Waals surface area contributed by atoms with Gasteiger partial charge < -0.3 is 25.4 Å². The van der Waals surface area contributed by atoms with Gasteiger partial charge in [0.15, 0.2) is 0 Å². The Balaban J connectivity index is 1.22. The molecule has 2 saturated heterocycles. The van der Waals surface area contributed by atoms with Crippen LogP contribution in [0.5, 0.6) is 5.75 Å². The summed E-state index contributed by atoms with van der Waals surface area (Å²) in [5.74, 6) is 1.39. The molecule has 3 N–H and O–H groups in total. The standard InChI is InChI=1S/C32H35N7O3/c1-2-42-25-16-26(30-24(18-33)20-36-39(30)21-25)23-8-9-28(35-19-23)38-14-11-32(12-15-38,17-22-6-4-3-5-7-22)37-31(41)29-27(40)10-13-34-29/h3-9,16,19-21,27,29,34,40H,2,10-15,17H2,1H3,(H,37,41). The average Bonchev–Trinajstić information content (AvgIpc) is 3.64. The van der Waals surface area contributed by atoms with Gasteiger partial charge >= 0.3 is 0 Å². The minimum Gasteiger partial charge on any atom is -0.492 e. The molecule has 1 aromatic carbocycles. The van der Waals surface area contributed by atoms with Gasteiger partial charge in [0, 0.05) is 36.0 Å². The van der Waals surface area contributed by atoms with Crippen LogP contribution in [0.4, 0.5) is 5.82 Å². The maximum Gasteiger partial charge on any atom is 0.240 e. The van der Waals surface area contributed by atoms with E-state index in [1.807, 2.05) is 49.5 Å². The number of benzene rings is 1. The number of rotatable bonds is 8. The fourth-order valence-electron chi connectivity index (χ4n) is 6.17. The van der Waals surface area contributed by atoms with E-state index in [-0.39, 0.29) is 5.91 Å². The number of aromatic nitrogens is 3. The van der Waals surface area contributed by atoms with Crippen LogP contribution in [-0.4, -0.2) is 69.5 Å². The number of aliphatic hydroxyl groups is 1. The van der Waals surface area contributed by atoms with E-state index >= 15 is 0 Å². The van der Waals surface area contributed by atoms with Crippen LogP contribution in [0.25, 0.3) is 16.6 Å². The minimum absolute atomic E-state index is 0.135. The molecular weight excluding hydrogens is 530 g/mol. The third kappa shape index (κ3) is 5.53. The van der Waals surface area contributed by atoms with E-state index in [1.165, 1.54) is 5.56 Å². The molecule has 0 radical (unpaired) electrons. The molecular formula is C32H35N7O3. The summed E-state index contributed by atoms with van der Waals surface area (Å²) in [5, 5.41) is 30.8. The molecule has 1 amide bonds. The minimum atomic E-state index is -0.663. The van der Waals surface area contributed by atoms with Gasteiger partial charge in [0.2, 0.25) is 5.91 Å². The Bertz CT molecular complexity index is 1590. The van der Waals surface area contributed by atoms with Crippen molar-refractivity contribution in [2.45, 2.75) is 50.3 Å². The first-order valence-electron chi connectivity index (χ1n) is 14.5. The van der Waals surface area contributed by atoms with E-state index in [0.29, 0.717) is 30.9 Å². The predicted octanol–water partition coefficient (Wildman–Crippen LogP) is 3.09. The summed E-state index contributed by atoms with van der Waals surface area (Å²) >= 11 is 0. The molecule has 5 heterocycles. The van der Waals surface area contributed by atoms with Crippen molar-refractivity contribution in [3.63, 3.8) is 0 Å². The topological polar surface area (TPSA) is 128 Å². The summed E-state index contributed by atoms with van der Waals surface area (Å²) in [6.07, 6.45) is 7.31. The Hall–Kier alpha value is -4.46. The van der Waals surface area contributed by atoms with Crippen molar-refractivity contribution in [3.05, 3.63) is 78.2 Å². The highest BCUT2D eigenvalue weighted by Crippen LogP contribution is 2.33. The van der Waals surface area contributed by atoms with Crippen LogP contribution in [0.2, 0.25) is 0 Å². The van der Waals surface area contributed by atoms with Crippen molar-refractivity contribution >= 4 is 17.2 Å². The van der Waals surface area contributed by atoms with Gasteiger partial charge in [-0.25, -0.2) is 9.50 Å². The van der Waals surface area contributed by atoms with E-state index in [4.69, 9.17) is 9.72 Å². The Morgan fingerprint density at radius 2 is 2.02 bits per heavy atom. The van der Waals surface area contributed by atoms with Crippen molar-refractivity contribution < 1.29 is 14.6 Å². The zero-order valence-corrected chi connectivity index (χ0v) is 23.7. The molecule has 2 fully saturated rings. The molecule has 42 heavy (non-hydrogen) atoms. The number of nitriles is 1. The second-order valence-corrected chi connectivity index (χ2v) is 11.1. The molecule has 0 spiro atoms. The van der Waals surface area contributed by atoms with Crippen molar-refractivity contribution in [1.82, 2.24) is 25.2 Å². The van der Waals surface area contributed by atoms with Crippen LogP contribution < -0.4 is 20.3 Å². The SMILES string of the molecule is CCOc1cc(-c2ccc(N3CCC(Cc4ccccc4)(NC(=O)C4NCCC4O)CC3)nc2)c2c(C#N)cnn2c1. The van der Waals surface area contributed by atoms with Crippen LogP contribution in [-0.2, 0) is 11.2 Å². The monoisotopic (exact) mass is 565 g/mol. The largest absolute Gasteiger partial charge is 0.492 e. The fraction of sp³-hybridized carbons (Fsp3) is 0.375. The third-order valence-electron chi connectivity index (χ3n) is 8.37. The van der Waals surface area contributed by atoms with E-state index in [2.05, 4.69) is 38.8 Å². The summed E-state index contributed by atoms with van der Waals surface area (Å²) < 4.78 is 7.42. The maximum atomic E-state index is 13.2. The molecule has 10 nitrogen and oxygen atoms in total. The molecule has 0 bridgehead atoms. The normalized spacial score (nSPS) is 19.9. The number of pyridine rings is 2. The number of amides is 1. The predicted molar refractivity (Wildman–Crippen MR) is 159 cm³/mol. The number of carbonyl (C=O) groups excluding carboxylic acids is 1. The number of hydrogen-bond acceptors (Lipinski definition) is 8. The van der Waals surface area contributed by atoms with Gasteiger partial charge in [-0.2, -0.15) is 10.4 Å². The van der Waals surface area contributed by atoms with Gasteiger partial charge in [-0.3, -0.25) is 4.79 Å². The van der Waals surface area contributed by atoms with Crippen LogP contribution in [0.15, 0.2) is 67.1 Å². The lowest BCUT2D eigenvalue weighted by Crippen LogP contribution is -2.60. The van der Waals surface area contributed by atoms with Gasteiger partial charge in [-0.15, -0.1) is 0 Å². The lowest BCUT2D eigenvalue weighted by Gasteiger charge is -2.43. The molecule has 10 heteroatoms. The van der Waals surface area contributed by atoms with E-state index in [1.54, 1.807) is 16.9 Å². The fourth-order valence-corrected chi connectivity index (χ4v) is 6.17. The Labute approximate surface area is 244 Å². The molecule has 2 aliphatic heterocycles. The average molecular weight is 566 g/mol. The van der Waals surface area contributed by atoms with Gasteiger partial charge in [0.1, 0.15) is 23.7 Å². The molecule has 2 unspecified atom stereocenters. The first-order chi connectivity index (χ1) is 20.5. The van der Waals surface area contributed by atoms with E-state index in [0.717, 1.165) is 54.8 Å². The Morgan fingerprint density at radius 1 is 1.21 bits per heavy atom. The van der Waals surface area contributed by atoms with Crippen LogP contribution in [0.3, 0.4) is 0 Å². The van der Waals surface area contributed by atoms with Crippen molar-refractivity contribution in [1.29, 1.82) is 5.26 Å². The highest BCUT2D eigenvalue weighted by Gasteiger charge is 2.40. The third-order valence-corrected chi connectivity index (χ3v) is 8.37. The van der Waals surface area contributed by atoms with Crippen LogP contribution in [0, 0.1) is 11.3 Å². The summed E-state index contributed by atoms with van der Waals surface area (Å²) in [5.41, 5.74) is 3.67. The van der Waals surface area contributed by atoms with Crippen molar-refractivity contribution in [2.24, 2.45) is 0 Å². The number of anilines is 1. The second-order valence-electron chi connectivity index (χ2n) is 11.1. The summed E-state index contributed by atoms with van der Waals surface area (Å²) in [6, 6.07) is 17.8. The smallest absolute Gasteiger partial charge is 0.240 e. The molecule has 0 aliphatic carbocycles. The van der Waals surface area contributed by atoms with E-state index in [9.17, 15) is 15.2 Å². The van der Waals surface area contributed by atoms with Gasteiger partial charge in [-0.1, -0.05) is 30.3 Å². The molecule has 216 valence electrons. The zero-order chi connectivity index (χ0) is 29.1. The molecule has 2 atom stereocenters. The molecule has 4 aromatic rings. The molecule has 3 aromatic heterocycles. The molecule has 0 saturated carbocycles. The number of ether oxygens (including phenoxy) is 1. The highest BCUT2D eigenvalue weighted by atomic mass is 16.5. The lowest BCUT2D eigenvalue weighted by molar-refractivity contribution is -0.127. The number of aliphatic hydroxyl groups excluding tert-OH is 1. The van der Waals surface area contributed by atoms with Gasteiger partial charge in [0.05, 0.1) is 36.2 Å². The first kappa shape index (κ1) is 27.7. The quantitative estimate of drug-likeness (QED) is 0.298. The molecule has 2 aliphatic rings. The molecule has 6 rings (SSSR count). The number of nitrogens with zero attached hydrogens (tertiary/aromatic N) is 5. The number of hydrogen-bond donors (Lipinski definition) is 3. The maximum absolute atomic E-state index is 13.2. The highest BCUT2D eigenvalue weighted by molar-refractivity contribution is 5.85. The number of nitrogens with one attached hydrogen (secondary N) is 2. The Morgan fingerprint density at radius 3 is 2.69 bits per heavy atom. The second kappa shape index (κ2) is 11.8. The Kier molecular flexibility index (Phi) is 7.78. The number of piperidine rings is 1. The number of fused-ring (bicyclic) bond motifs is 1. The van der Waals surface area contributed by atoms with Crippen LogP contribution >= 0.6 is 0 Å². The number of carbonyl (C=O) groups is 1. The lowest BCUT2D eigenvalue weighted by atomic mass is 9.81. The first-order valence-corrected chi connectivity index (χ1v) is 14.5. The van der Waals surface area contributed by atoms with E-state index < -0.39 is 17.7 Å². The van der Waals surface area contributed by atoms with Crippen molar-refractivity contribution in [3.8, 4) is 22.9 Å². The summed E-state index contributed by atoms with van der Waals surface area (Å²) in [7, 11) is 0. The van der Waals surface area contributed by atoms with Gasteiger partial charge in [0.25, 0.3) is 0 Å². The zero-order valence-electron chi connectivity index (χ0n) is 23.7. The summed E-state index contributed by atoms with van der Waals surface area (Å²) in [4.78, 5) is 20.3.